The van der Waals surface area contributed by atoms with Crippen LogP contribution in [0.25, 0.3) is 11.3 Å². The lowest BCUT2D eigenvalue weighted by Crippen LogP contribution is -2.50. The molecule has 1 aromatic carbocycles. The van der Waals surface area contributed by atoms with E-state index >= 15 is 0 Å². The van der Waals surface area contributed by atoms with Gasteiger partial charge in [0.25, 0.3) is 0 Å². The number of carbonyl (C=O) groups excluding carboxylic acids is 1. The van der Waals surface area contributed by atoms with Gasteiger partial charge in [0.15, 0.2) is 14.0 Å². The molecule has 4 aromatic heterocycles. The van der Waals surface area contributed by atoms with Gasteiger partial charge in [0.2, 0.25) is 5.95 Å². The molecular formula is C43H62N10O4Si. The van der Waals surface area contributed by atoms with Gasteiger partial charge in [-0.3, -0.25) is 14.4 Å². The average molecular weight is 811 g/mol. The van der Waals surface area contributed by atoms with Crippen molar-refractivity contribution in [3.8, 4) is 11.4 Å². The molecule has 3 N–H and O–H groups in total. The molecule has 3 atom stereocenters. The molecule has 0 saturated carbocycles. The third kappa shape index (κ3) is 8.26. The van der Waals surface area contributed by atoms with Gasteiger partial charge >= 0.3 is 6.03 Å². The summed E-state index contributed by atoms with van der Waals surface area (Å²) in [7, 11) is -2.01. The number of aromatic nitrogens is 7. The van der Waals surface area contributed by atoms with E-state index in [2.05, 4.69) is 110 Å². The van der Waals surface area contributed by atoms with Crippen LogP contribution in [0.1, 0.15) is 117 Å². The molecule has 58 heavy (non-hydrogen) atoms. The summed E-state index contributed by atoms with van der Waals surface area (Å²) in [5.74, 6) is 2.09. The topological polar surface area (TPSA) is 149 Å². The molecule has 14 nitrogen and oxygen atoms in total. The van der Waals surface area contributed by atoms with Crippen LogP contribution in [0.15, 0.2) is 61.1 Å². The number of pyridine rings is 1. The van der Waals surface area contributed by atoms with E-state index in [0.717, 1.165) is 53.6 Å². The molecule has 5 heterocycles. The summed E-state index contributed by atoms with van der Waals surface area (Å²) in [5.41, 5.74) is 5.71. The number of nitrogens with one attached hydrogen (secondary N) is 2. The molecule has 2 aliphatic rings. The van der Waals surface area contributed by atoms with Crippen molar-refractivity contribution in [1.29, 1.82) is 0 Å². The summed E-state index contributed by atoms with van der Waals surface area (Å²) in [6, 6.07) is 13.7. The van der Waals surface area contributed by atoms with Crippen molar-refractivity contribution in [3.63, 3.8) is 0 Å². The Hall–Kier alpha value is -4.73. The zero-order valence-corrected chi connectivity index (χ0v) is 36.6. The van der Waals surface area contributed by atoms with E-state index in [1.165, 1.54) is 0 Å². The first-order chi connectivity index (χ1) is 27.7. The standard InChI is InChI=1S/C43H62N10O4Si/c1-28(2)58(29(3)4,30(5)6)56-27-31-13-12-20-51(31)42-48-47-39-19-16-33(26-52(39)42)57-37-18-17-36(34-14-10-11-15-35(34)37)45-41(55)46-40-23-38(43(7,8)9)49-53(40)32-24-44-50(25-32)21-22-54/h10-11,14-16,19,23-26,28-31,36-37,54H,12-13,17-18,20-22,27H2,1-9H3,(H2,45,46,55)/t31-,36-,37+/m0/s1. The van der Waals surface area contributed by atoms with Crippen LogP contribution in [0, 0.1) is 0 Å². The van der Waals surface area contributed by atoms with Crippen molar-refractivity contribution in [2.24, 2.45) is 0 Å². The summed E-state index contributed by atoms with van der Waals surface area (Å²) >= 11 is 0. The van der Waals surface area contributed by atoms with Crippen molar-refractivity contribution in [2.45, 2.75) is 135 Å². The smallest absolute Gasteiger partial charge is 0.320 e. The lowest BCUT2D eigenvalue weighted by molar-refractivity contribution is 0.171. The SMILES string of the molecule is CC(C)[Si](OC[C@@H]1CCCN1c1nnc2ccc(O[C@@H]3CC[C@H](NC(=O)Nc4cc(C(C)(C)C)nn4-c4cnn(CCO)c4)c4ccccc43)cn12)(C(C)C)C(C)C. The van der Waals surface area contributed by atoms with E-state index in [0.29, 0.717) is 54.1 Å². The van der Waals surface area contributed by atoms with Gasteiger partial charge in [-0.25, -0.2) is 9.48 Å². The number of nitrogens with zero attached hydrogens (tertiary/aromatic N) is 8. The van der Waals surface area contributed by atoms with Gasteiger partial charge in [0, 0.05) is 18.0 Å². The zero-order chi connectivity index (χ0) is 41.4. The largest absolute Gasteiger partial charge is 0.484 e. The number of aliphatic hydroxyl groups excluding tert-OH is 1. The highest BCUT2D eigenvalue weighted by atomic mass is 28.4. The Labute approximate surface area is 343 Å². The molecule has 1 saturated heterocycles. The van der Waals surface area contributed by atoms with Crippen LogP contribution in [0.4, 0.5) is 16.6 Å². The third-order valence-electron chi connectivity index (χ3n) is 12.2. The summed E-state index contributed by atoms with van der Waals surface area (Å²) in [6.45, 7) is 22.2. The van der Waals surface area contributed by atoms with Crippen LogP contribution in [0.5, 0.6) is 5.75 Å². The van der Waals surface area contributed by atoms with E-state index in [1.54, 1.807) is 21.8 Å². The second-order valence-corrected chi connectivity index (χ2v) is 23.4. The fraction of sp³-hybridized carbons (Fsp3) is 0.558. The lowest BCUT2D eigenvalue weighted by atomic mass is 9.85. The molecule has 0 radical (unpaired) electrons. The second-order valence-electron chi connectivity index (χ2n) is 17.9. The molecule has 5 aromatic rings. The highest BCUT2D eigenvalue weighted by molar-refractivity contribution is 6.77. The Kier molecular flexibility index (Phi) is 12.0. The maximum atomic E-state index is 13.7. The van der Waals surface area contributed by atoms with Gasteiger partial charge in [-0.15, -0.1) is 10.2 Å². The molecule has 1 aliphatic heterocycles. The molecule has 312 valence electrons. The van der Waals surface area contributed by atoms with E-state index in [9.17, 15) is 9.90 Å². The number of carbonyl (C=O) groups is 1. The molecular weight excluding hydrogens is 749 g/mol. The van der Waals surface area contributed by atoms with Crippen molar-refractivity contribution < 1.29 is 19.1 Å². The van der Waals surface area contributed by atoms with Crippen molar-refractivity contribution >= 4 is 31.8 Å². The van der Waals surface area contributed by atoms with Gasteiger partial charge in [-0.05, 0) is 65.6 Å². The first-order valence-corrected chi connectivity index (χ1v) is 23.2. The monoisotopic (exact) mass is 810 g/mol. The normalized spacial score (nSPS) is 18.8. The molecule has 0 unspecified atom stereocenters. The molecule has 0 spiro atoms. The van der Waals surface area contributed by atoms with Crippen LogP contribution >= 0.6 is 0 Å². The number of urea groups is 1. The van der Waals surface area contributed by atoms with E-state index < -0.39 is 8.32 Å². The predicted molar refractivity (Wildman–Crippen MR) is 229 cm³/mol. The summed E-state index contributed by atoms with van der Waals surface area (Å²) in [6.07, 6.45) is 8.85. The van der Waals surface area contributed by atoms with Gasteiger partial charge in [0.05, 0.1) is 56.1 Å². The Morgan fingerprint density at radius 1 is 0.966 bits per heavy atom. The number of fused-ring (bicyclic) bond motifs is 2. The Morgan fingerprint density at radius 2 is 1.71 bits per heavy atom. The first kappa shape index (κ1) is 41.4. The first-order valence-electron chi connectivity index (χ1n) is 21.0. The Morgan fingerprint density at radius 3 is 2.41 bits per heavy atom. The second kappa shape index (κ2) is 16.9. The van der Waals surface area contributed by atoms with Crippen LogP contribution in [-0.2, 0) is 16.4 Å². The number of anilines is 2. The lowest BCUT2D eigenvalue weighted by Gasteiger charge is -2.43. The van der Waals surface area contributed by atoms with E-state index in [1.807, 2.05) is 36.5 Å². The minimum atomic E-state index is -2.01. The van der Waals surface area contributed by atoms with E-state index in [4.69, 9.17) is 14.3 Å². The third-order valence-corrected chi connectivity index (χ3v) is 18.2. The molecule has 7 rings (SSSR count). The number of amides is 2. The number of aliphatic hydroxyl groups is 1. The van der Waals surface area contributed by atoms with Crippen molar-refractivity contribution in [2.75, 3.05) is 30.0 Å². The maximum Gasteiger partial charge on any atom is 0.320 e. The molecule has 1 fully saturated rings. The van der Waals surface area contributed by atoms with Gasteiger partial charge in [-0.1, -0.05) is 86.6 Å². The van der Waals surface area contributed by atoms with Gasteiger partial charge in [0.1, 0.15) is 23.4 Å². The summed E-state index contributed by atoms with van der Waals surface area (Å²) < 4.78 is 19.2. The summed E-state index contributed by atoms with van der Waals surface area (Å²) in [5, 5.41) is 34.1. The Balaban J connectivity index is 1.06. The number of hydrogen-bond donors (Lipinski definition) is 3. The highest BCUT2D eigenvalue weighted by Gasteiger charge is 2.46. The van der Waals surface area contributed by atoms with Crippen molar-refractivity contribution in [1.82, 2.24) is 39.5 Å². The van der Waals surface area contributed by atoms with Crippen LogP contribution < -0.4 is 20.3 Å². The molecule has 15 heteroatoms. The van der Waals surface area contributed by atoms with E-state index in [-0.39, 0.29) is 36.2 Å². The minimum Gasteiger partial charge on any atom is -0.484 e. The van der Waals surface area contributed by atoms with Crippen LogP contribution in [0.3, 0.4) is 0 Å². The molecule has 0 bridgehead atoms. The number of hydrogen-bond acceptors (Lipinski definition) is 9. The fourth-order valence-corrected chi connectivity index (χ4v) is 14.8. The predicted octanol–water partition coefficient (Wildman–Crippen LogP) is 8.34. The number of benzene rings is 1. The minimum absolute atomic E-state index is 0.0267. The molecule has 1 aliphatic carbocycles. The van der Waals surface area contributed by atoms with Crippen LogP contribution in [-0.4, -0.2) is 79.4 Å². The van der Waals surface area contributed by atoms with Gasteiger partial charge in [-0.2, -0.15) is 10.2 Å². The molecule has 2 amide bonds. The van der Waals surface area contributed by atoms with Gasteiger partial charge < -0.3 is 24.5 Å². The van der Waals surface area contributed by atoms with Crippen molar-refractivity contribution in [3.05, 3.63) is 77.9 Å². The number of ether oxygens (including phenoxy) is 1. The highest BCUT2D eigenvalue weighted by Crippen LogP contribution is 2.43. The van der Waals surface area contributed by atoms with Crippen LogP contribution in [0.2, 0.25) is 16.6 Å². The number of rotatable bonds is 14. The average Bonchev–Trinajstić information content (AvgIpc) is 3.99. The maximum absolute atomic E-state index is 13.7. The Bertz CT molecular complexity index is 2160. The fourth-order valence-electron chi connectivity index (χ4n) is 9.36. The quantitative estimate of drug-likeness (QED) is 0.0942. The summed E-state index contributed by atoms with van der Waals surface area (Å²) in [4.78, 5) is 16.1. The zero-order valence-electron chi connectivity index (χ0n) is 35.6.